The molecule has 0 amide bonds. The Morgan fingerprint density at radius 3 is 2.48 bits per heavy atom. The lowest BCUT2D eigenvalue weighted by Gasteiger charge is -2.11. The fraction of sp³-hybridized carbons (Fsp3) is 0.0714. The molecule has 0 aliphatic carbocycles. The summed E-state index contributed by atoms with van der Waals surface area (Å²) in [6.45, 7) is 1.58. The van der Waals surface area contributed by atoms with Crippen LogP contribution in [-0.4, -0.2) is 13.3 Å². The number of hydrogen-bond donors (Lipinski definition) is 1. The predicted octanol–water partition coefficient (Wildman–Crippen LogP) is 3.34. The second-order valence-electron chi connectivity index (χ2n) is 4.62. The molecule has 2 aromatic rings. The molecule has 7 nitrogen and oxygen atoms in total. The van der Waals surface area contributed by atoms with E-state index in [1.807, 2.05) is 6.07 Å². The lowest BCUT2D eigenvalue weighted by molar-refractivity contribution is -0.384. The van der Waals surface area contributed by atoms with Crippen molar-refractivity contribution in [2.45, 2.75) is 11.8 Å². The highest BCUT2D eigenvalue weighted by atomic mass is 79.9. The van der Waals surface area contributed by atoms with Gasteiger partial charge in [-0.15, -0.1) is 0 Å². The Balaban J connectivity index is 2.39. The zero-order chi connectivity index (χ0) is 17.2. The van der Waals surface area contributed by atoms with Gasteiger partial charge in [-0.1, -0.05) is 0 Å². The van der Waals surface area contributed by atoms with Gasteiger partial charge >= 0.3 is 0 Å². The molecule has 23 heavy (non-hydrogen) atoms. The van der Waals surface area contributed by atoms with Crippen molar-refractivity contribution in [2.75, 3.05) is 4.72 Å². The van der Waals surface area contributed by atoms with E-state index in [-0.39, 0.29) is 20.7 Å². The van der Waals surface area contributed by atoms with E-state index in [0.717, 1.165) is 0 Å². The first-order valence-corrected chi connectivity index (χ1v) is 8.50. The highest BCUT2D eigenvalue weighted by Crippen LogP contribution is 2.29. The Morgan fingerprint density at radius 2 is 1.96 bits per heavy atom. The Bertz CT molecular complexity index is 936. The molecule has 9 heteroatoms. The van der Waals surface area contributed by atoms with Crippen LogP contribution >= 0.6 is 15.9 Å². The van der Waals surface area contributed by atoms with Crippen molar-refractivity contribution in [3.8, 4) is 6.07 Å². The second-order valence-corrected chi connectivity index (χ2v) is 7.12. The number of nitriles is 1. The van der Waals surface area contributed by atoms with E-state index in [0.29, 0.717) is 11.1 Å². The number of nitro groups is 1. The van der Waals surface area contributed by atoms with E-state index in [1.165, 1.54) is 36.4 Å². The molecular formula is C14H10BrN3O4S. The first kappa shape index (κ1) is 16.9. The van der Waals surface area contributed by atoms with Crippen molar-refractivity contribution < 1.29 is 13.3 Å². The van der Waals surface area contributed by atoms with Gasteiger partial charge in [-0.05, 0) is 52.7 Å². The minimum absolute atomic E-state index is 0.0294. The highest BCUT2D eigenvalue weighted by Gasteiger charge is 2.19. The average molecular weight is 396 g/mol. The molecule has 0 saturated carbocycles. The van der Waals surface area contributed by atoms with Crippen LogP contribution in [0.2, 0.25) is 0 Å². The van der Waals surface area contributed by atoms with E-state index >= 15 is 0 Å². The number of aryl methyl sites for hydroxylation is 1. The molecule has 2 rings (SSSR count). The molecular weight excluding hydrogens is 386 g/mol. The van der Waals surface area contributed by atoms with Crippen LogP contribution in [0.25, 0.3) is 0 Å². The summed E-state index contributed by atoms with van der Waals surface area (Å²) in [5.41, 5.74) is 0.807. The molecule has 0 saturated heterocycles. The normalized spacial score (nSPS) is 10.8. The first-order valence-electron chi connectivity index (χ1n) is 6.22. The van der Waals surface area contributed by atoms with Gasteiger partial charge < -0.3 is 0 Å². The van der Waals surface area contributed by atoms with Gasteiger partial charge in [0, 0.05) is 16.6 Å². The summed E-state index contributed by atoms with van der Waals surface area (Å²) < 4.78 is 27.5. The number of halogens is 1. The number of hydrogen-bond acceptors (Lipinski definition) is 5. The Hall–Kier alpha value is -2.44. The van der Waals surface area contributed by atoms with Crippen LogP contribution in [0.1, 0.15) is 11.1 Å². The minimum Gasteiger partial charge on any atom is -0.278 e. The largest absolute Gasteiger partial charge is 0.278 e. The van der Waals surface area contributed by atoms with Crippen molar-refractivity contribution >= 4 is 37.3 Å². The third kappa shape index (κ3) is 3.67. The van der Waals surface area contributed by atoms with E-state index < -0.39 is 14.9 Å². The minimum atomic E-state index is -3.88. The smallest absolute Gasteiger partial charge is 0.270 e. The predicted molar refractivity (Wildman–Crippen MR) is 87.5 cm³/mol. The Morgan fingerprint density at radius 1 is 1.26 bits per heavy atom. The lowest BCUT2D eigenvalue weighted by atomic mass is 10.2. The van der Waals surface area contributed by atoms with Gasteiger partial charge in [0.1, 0.15) is 0 Å². The number of anilines is 1. The monoisotopic (exact) mass is 395 g/mol. The van der Waals surface area contributed by atoms with Gasteiger partial charge in [-0.2, -0.15) is 5.26 Å². The van der Waals surface area contributed by atoms with Crippen LogP contribution in [0.15, 0.2) is 45.8 Å². The molecule has 0 aliphatic rings. The van der Waals surface area contributed by atoms with Crippen molar-refractivity contribution in [1.82, 2.24) is 0 Å². The van der Waals surface area contributed by atoms with Gasteiger partial charge in [0.2, 0.25) is 0 Å². The zero-order valence-corrected chi connectivity index (χ0v) is 14.2. The number of rotatable bonds is 4. The van der Waals surface area contributed by atoms with Gasteiger partial charge in [0.05, 0.1) is 27.1 Å². The second kappa shape index (κ2) is 6.36. The number of sulfonamides is 1. The molecule has 0 atom stereocenters. The van der Waals surface area contributed by atoms with E-state index in [2.05, 4.69) is 20.7 Å². The number of nitrogens with one attached hydrogen (secondary N) is 1. The number of non-ortho nitro benzene ring substituents is 1. The van der Waals surface area contributed by atoms with Gasteiger partial charge in [0.15, 0.2) is 0 Å². The van der Waals surface area contributed by atoms with Crippen molar-refractivity contribution in [3.05, 3.63) is 62.1 Å². The maximum atomic E-state index is 12.4. The van der Waals surface area contributed by atoms with Crippen molar-refractivity contribution in [3.63, 3.8) is 0 Å². The lowest BCUT2D eigenvalue weighted by Crippen LogP contribution is -2.14. The molecule has 0 aliphatic heterocycles. The maximum absolute atomic E-state index is 12.4. The topological polar surface area (TPSA) is 113 Å². The Kier molecular flexibility index (Phi) is 4.68. The highest BCUT2D eigenvalue weighted by molar-refractivity contribution is 9.10. The molecule has 118 valence electrons. The summed E-state index contributed by atoms with van der Waals surface area (Å²) in [6, 6.07) is 9.88. The fourth-order valence-electron chi connectivity index (χ4n) is 1.92. The van der Waals surface area contributed by atoms with Crippen LogP contribution in [0.4, 0.5) is 11.4 Å². The summed E-state index contributed by atoms with van der Waals surface area (Å²) >= 11 is 3.11. The number of benzene rings is 2. The van der Waals surface area contributed by atoms with Crippen LogP contribution in [0.5, 0.6) is 0 Å². The van der Waals surface area contributed by atoms with E-state index in [9.17, 15) is 18.5 Å². The molecule has 0 fully saturated rings. The van der Waals surface area contributed by atoms with Crippen LogP contribution in [-0.2, 0) is 10.0 Å². The summed E-state index contributed by atoms with van der Waals surface area (Å²) in [4.78, 5) is 10.1. The summed E-state index contributed by atoms with van der Waals surface area (Å²) in [5, 5.41) is 19.5. The molecule has 0 aromatic heterocycles. The fourth-order valence-corrected chi connectivity index (χ4v) is 3.83. The number of nitrogens with zero attached hydrogens (tertiary/aromatic N) is 2. The van der Waals surface area contributed by atoms with Gasteiger partial charge in [-0.25, -0.2) is 8.42 Å². The van der Waals surface area contributed by atoms with Crippen LogP contribution in [0.3, 0.4) is 0 Å². The maximum Gasteiger partial charge on any atom is 0.270 e. The molecule has 0 spiro atoms. The Labute approximate surface area is 140 Å². The average Bonchev–Trinajstić information content (AvgIpc) is 2.48. The van der Waals surface area contributed by atoms with E-state index in [4.69, 9.17) is 5.26 Å². The number of nitro benzene ring substituents is 1. The van der Waals surface area contributed by atoms with Crippen LogP contribution < -0.4 is 4.72 Å². The third-order valence-corrected chi connectivity index (χ3v) is 5.18. The van der Waals surface area contributed by atoms with Crippen LogP contribution in [0, 0.1) is 28.4 Å². The van der Waals surface area contributed by atoms with Crippen molar-refractivity contribution in [1.29, 1.82) is 5.26 Å². The quantitative estimate of drug-likeness (QED) is 0.629. The SMILES string of the molecule is Cc1cc(C#N)ccc1S(=O)(=O)Nc1ccc([N+](=O)[O-])cc1Br. The molecule has 0 bridgehead atoms. The molecule has 1 N–H and O–H groups in total. The summed E-state index contributed by atoms with van der Waals surface area (Å²) in [6.07, 6.45) is 0. The molecule has 0 heterocycles. The standard InChI is InChI=1S/C14H10BrN3O4S/c1-9-6-10(8-16)2-5-14(9)23(21,22)17-13-4-3-11(18(19)20)7-12(13)15/h2-7,17H,1H3. The third-order valence-electron chi connectivity index (χ3n) is 3.00. The van der Waals surface area contributed by atoms with Gasteiger partial charge in [-0.3, -0.25) is 14.8 Å². The molecule has 0 radical (unpaired) electrons. The van der Waals surface area contributed by atoms with Crippen molar-refractivity contribution in [2.24, 2.45) is 0 Å². The molecule has 2 aromatic carbocycles. The first-order chi connectivity index (χ1) is 10.7. The van der Waals surface area contributed by atoms with Gasteiger partial charge in [0.25, 0.3) is 15.7 Å². The zero-order valence-electron chi connectivity index (χ0n) is 11.8. The van der Waals surface area contributed by atoms with E-state index in [1.54, 1.807) is 6.92 Å². The molecule has 0 unspecified atom stereocenters. The summed E-state index contributed by atoms with van der Waals surface area (Å²) in [5.74, 6) is 0. The summed E-state index contributed by atoms with van der Waals surface area (Å²) in [7, 11) is -3.88.